The molecule has 1 unspecified atom stereocenters. The topological polar surface area (TPSA) is 84.9 Å². The largest absolute Gasteiger partial charge is 0.483 e. The van der Waals surface area contributed by atoms with Crippen molar-refractivity contribution in [2.75, 3.05) is 6.61 Å². The fourth-order valence-electron chi connectivity index (χ4n) is 5.95. The van der Waals surface area contributed by atoms with Crippen molar-refractivity contribution >= 4 is 11.9 Å². The molecule has 2 aromatic carbocycles. The van der Waals surface area contributed by atoms with Crippen molar-refractivity contribution in [1.82, 2.24) is 5.32 Å². The van der Waals surface area contributed by atoms with Gasteiger partial charge in [0.2, 0.25) is 0 Å². The van der Waals surface area contributed by atoms with Crippen LogP contribution < -0.4 is 10.1 Å². The summed E-state index contributed by atoms with van der Waals surface area (Å²) in [6, 6.07) is 14.8. The predicted molar refractivity (Wildman–Crippen MR) is 138 cm³/mol. The minimum Gasteiger partial charge on any atom is -0.483 e. The van der Waals surface area contributed by atoms with Crippen LogP contribution in [0.1, 0.15) is 56.7 Å². The highest BCUT2D eigenvalue weighted by atomic mass is 16.5. The number of aliphatic hydroxyl groups excluding tert-OH is 1. The van der Waals surface area contributed by atoms with Crippen LogP contribution in [0.15, 0.2) is 48.5 Å². The number of benzene rings is 2. The highest BCUT2D eigenvalue weighted by molar-refractivity contribution is 5.85. The van der Waals surface area contributed by atoms with E-state index in [1.54, 1.807) is 0 Å². The lowest BCUT2D eigenvalue weighted by atomic mass is 9.73. The van der Waals surface area contributed by atoms with Crippen molar-refractivity contribution in [2.24, 2.45) is 23.7 Å². The fourth-order valence-corrected chi connectivity index (χ4v) is 5.95. The number of esters is 1. The number of carbonyl (C=O) groups excluding carboxylic acids is 2. The summed E-state index contributed by atoms with van der Waals surface area (Å²) in [5.41, 5.74) is 3.31. The first-order valence-corrected chi connectivity index (χ1v) is 13.3. The molecule has 0 heterocycles. The van der Waals surface area contributed by atoms with E-state index in [2.05, 4.69) is 18.3 Å². The van der Waals surface area contributed by atoms with Gasteiger partial charge in [0.1, 0.15) is 18.4 Å². The Morgan fingerprint density at radius 2 is 1.86 bits per heavy atom. The van der Waals surface area contributed by atoms with Gasteiger partial charge >= 0.3 is 5.97 Å². The molecule has 1 fully saturated rings. The highest BCUT2D eigenvalue weighted by Gasteiger charge is 2.44. The second kappa shape index (κ2) is 11.9. The number of ether oxygens (including phenoxy) is 2. The average molecular weight is 494 g/mol. The quantitative estimate of drug-likeness (QED) is 0.478. The van der Waals surface area contributed by atoms with E-state index < -0.39 is 12.0 Å². The van der Waals surface area contributed by atoms with Crippen LogP contribution in [0.3, 0.4) is 0 Å². The third-order valence-corrected chi connectivity index (χ3v) is 7.79. The van der Waals surface area contributed by atoms with Crippen molar-refractivity contribution in [3.05, 3.63) is 65.2 Å². The lowest BCUT2D eigenvalue weighted by Gasteiger charge is -2.32. The predicted octanol–water partition coefficient (Wildman–Crippen LogP) is 4.46. The Morgan fingerprint density at radius 1 is 1.08 bits per heavy atom. The lowest BCUT2D eigenvalue weighted by Crippen LogP contribution is -2.47. The lowest BCUT2D eigenvalue weighted by molar-refractivity contribution is -0.150. The van der Waals surface area contributed by atoms with Gasteiger partial charge < -0.3 is 19.9 Å². The molecule has 1 amide bonds. The van der Waals surface area contributed by atoms with Crippen LogP contribution in [0.5, 0.6) is 5.75 Å². The van der Waals surface area contributed by atoms with E-state index in [1.165, 1.54) is 5.56 Å². The molecule has 0 saturated heterocycles. The first kappa shape index (κ1) is 26.2. The number of aliphatic hydroxyl groups is 1. The van der Waals surface area contributed by atoms with E-state index in [0.29, 0.717) is 17.8 Å². The van der Waals surface area contributed by atoms with Gasteiger partial charge in [0.05, 0.1) is 6.10 Å². The van der Waals surface area contributed by atoms with E-state index in [4.69, 9.17) is 9.47 Å². The number of rotatable bonds is 10. The van der Waals surface area contributed by atoms with E-state index in [1.807, 2.05) is 56.3 Å². The van der Waals surface area contributed by atoms with Crippen LogP contribution in [0.2, 0.25) is 0 Å². The smallest absolute Gasteiger partial charge is 0.329 e. The van der Waals surface area contributed by atoms with Crippen LogP contribution in [0.25, 0.3) is 0 Å². The van der Waals surface area contributed by atoms with Gasteiger partial charge in [0, 0.05) is 0 Å². The van der Waals surface area contributed by atoms with Crippen LogP contribution in [-0.2, 0) is 33.8 Å². The maximum Gasteiger partial charge on any atom is 0.329 e. The van der Waals surface area contributed by atoms with Crippen LogP contribution in [0.4, 0.5) is 0 Å². The summed E-state index contributed by atoms with van der Waals surface area (Å²) in [7, 11) is 0. The van der Waals surface area contributed by atoms with Crippen molar-refractivity contribution in [1.29, 1.82) is 0 Å². The Balaban J connectivity index is 1.34. The molecule has 2 aliphatic carbocycles. The molecule has 1 saturated carbocycles. The zero-order chi connectivity index (χ0) is 25.7. The number of amides is 1. The van der Waals surface area contributed by atoms with E-state index >= 15 is 0 Å². The molecule has 0 aliphatic heterocycles. The molecule has 0 bridgehead atoms. The summed E-state index contributed by atoms with van der Waals surface area (Å²) in [5, 5.41) is 13.4. The molecule has 0 spiro atoms. The van der Waals surface area contributed by atoms with Gasteiger partial charge in [-0.15, -0.1) is 0 Å². The molecular formula is C30H39NO5. The van der Waals surface area contributed by atoms with Crippen molar-refractivity contribution in [2.45, 2.75) is 71.6 Å². The summed E-state index contributed by atoms with van der Waals surface area (Å²) in [6.07, 6.45) is 4.60. The minimum absolute atomic E-state index is 0.122. The molecule has 36 heavy (non-hydrogen) atoms. The summed E-state index contributed by atoms with van der Waals surface area (Å²) >= 11 is 0. The molecular weight excluding hydrogens is 454 g/mol. The minimum atomic E-state index is -0.745. The number of fused-ring (bicyclic) bond motifs is 2. The Morgan fingerprint density at radius 3 is 2.58 bits per heavy atom. The zero-order valence-corrected chi connectivity index (χ0v) is 21.6. The van der Waals surface area contributed by atoms with Crippen molar-refractivity contribution in [3.8, 4) is 5.75 Å². The molecule has 2 N–H and O–H groups in total. The highest BCUT2D eigenvalue weighted by Crippen LogP contribution is 2.48. The second-order valence-corrected chi connectivity index (χ2v) is 10.7. The van der Waals surface area contributed by atoms with Gasteiger partial charge in [0.15, 0.2) is 6.61 Å². The molecule has 4 rings (SSSR count). The number of hydrogen-bond donors (Lipinski definition) is 2. The normalized spacial score (nSPS) is 23.5. The van der Waals surface area contributed by atoms with Gasteiger partial charge in [-0.05, 0) is 72.1 Å². The third kappa shape index (κ3) is 6.09. The van der Waals surface area contributed by atoms with Gasteiger partial charge in [0.25, 0.3) is 5.91 Å². The summed E-state index contributed by atoms with van der Waals surface area (Å²) < 4.78 is 11.4. The van der Waals surface area contributed by atoms with Gasteiger partial charge in [-0.25, -0.2) is 4.79 Å². The Labute approximate surface area is 214 Å². The second-order valence-electron chi connectivity index (χ2n) is 10.7. The van der Waals surface area contributed by atoms with Gasteiger partial charge in [-0.1, -0.05) is 69.7 Å². The first-order chi connectivity index (χ1) is 17.4. The van der Waals surface area contributed by atoms with Crippen molar-refractivity contribution < 1.29 is 24.2 Å². The number of nitrogens with one attached hydrogen (secondary N) is 1. The maximum absolute atomic E-state index is 12.7. The molecule has 194 valence electrons. The summed E-state index contributed by atoms with van der Waals surface area (Å²) in [6.45, 7) is 5.94. The Kier molecular flexibility index (Phi) is 8.68. The Bertz CT molecular complexity index is 1040. The first-order valence-electron chi connectivity index (χ1n) is 13.3. The third-order valence-electron chi connectivity index (χ3n) is 7.79. The molecule has 5 atom stereocenters. The molecule has 6 nitrogen and oxygen atoms in total. The van der Waals surface area contributed by atoms with E-state index in [9.17, 15) is 14.7 Å². The summed E-state index contributed by atoms with van der Waals surface area (Å²) in [5.74, 6) is 1.14. The summed E-state index contributed by atoms with van der Waals surface area (Å²) in [4.78, 5) is 25.4. The standard InChI is InChI=1S/C30H39NO5/c1-4-9-23-24-14-21-12-8-13-27(25(21)15-22(24)16-26(23)32)35-18-28(33)31-29(19(2)3)30(34)36-17-20-10-6-5-7-11-20/h5-8,10-13,19,22-24,26,29,32H,4,9,14-18H2,1-3H3,(H,31,33)/t22-,23+,24-,26+,29?/m0/s1. The van der Waals surface area contributed by atoms with Crippen LogP contribution in [-0.4, -0.2) is 35.7 Å². The molecule has 2 aromatic rings. The molecule has 0 radical (unpaired) electrons. The Hall–Kier alpha value is -2.86. The SMILES string of the molecule is CCC[C@@H]1[C@H]2Cc3cccc(OCC(=O)NC(C(=O)OCc4ccccc4)C(C)C)c3C[C@H]2C[C@H]1O. The average Bonchev–Trinajstić information content (AvgIpc) is 3.17. The van der Waals surface area contributed by atoms with Crippen LogP contribution >= 0.6 is 0 Å². The maximum atomic E-state index is 12.7. The monoisotopic (exact) mass is 493 g/mol. The van der Waals surface area contributed by atoms with E-state index in [-0.39, 0.29) is 31.1 Å². The number of hydrogen-bond acceptors (Lipinski definition) is 5. The van der Waals surface area contributed by atoms with Crippen molar-refractivity contribution in [3.63, 3.8) is 0 Å². The van der Waals surface area contributed by atoms with E-state index in [0.717, 1.165) is 49.0 Å². The number of carbonyl (C=O) groups is 2. The van der Waals surface area contributed by atoms with Crippen LogP contribution in [0, 0.1) is 23.7 Å². The van der Waals surface area contributed by atoms with Gasteiger partial charge in [-0.3, -0.25) is 4.79 Å². The molecule has 2 aliphatic rings. The molecule has 6 heteroatoms. The van der Waals surface area contributed by atoms with Gasteiger partial charge in [-0.2, -0.15) is 0 Å². The fraction of sp³-hybridized carbons (Fsp3) is 0.533. The zero-order valence-electron chi connectivity index (χ0n) is 21.6. The molecule has 0 aromatic heterocycles.